The molecule has 0 aromatic heterocycles. The van der Waals surface area contributed by atoms with Crippen molar-refractivity contribution in [3.63, 3.8) is 0 Å². The minimum atomic E-state index is -1.26. The lowest BCUT2D eigenvalue weighted by atomic mass is 9.80. The number of aromatic hydroxyl groups is 1. The van der Waals surface area contributed by atoms with Gasteiger partial charge in [0.1, 0.15) is 17.1 Å². The predicted octanol–water partition coefficient (Wildman–Crippen LogP) is 1.74. The molecule has 0 saturated carbocycles. The van der Waals surface area contributed by atoms with Crippen LogP contribution >= 0.6 is 0 Å². The smallest absolute Gasteiger partial charge is 0.343 e. The molecule has 1 aromatic rings. The van der Waals surface area contributed by atoms with Crippen LogP contribution in [0.2, 0.25) is 0 Å². The average molecular weight is 288 g/mol. The van der Waals surface area contributed by atoms with Gasteiger partial charge >= 0.3 is 5.97 Å². The molecule has 1 heterocycles. The molecule has 1 aromatic carbocycles. The molecule has 0 saturated heterocycles. The third-order valence-electron chi connectivity index (χ3n) is 3.60. The molecule has 0 amide bonds. The average Bonchev–Trinajstić information content (AvgIpc) is 2.40. The molecule has 1 aliphatic carbocycles. The number of hydrogen-bond acceptors (Lipinski definition) is 6. The van der Waals surface area contributed by atoms with Crippen molar-refractivity contribution < 1.29 is 29.3 Å². The molecule has 108 valence electrons. The molecule has 21 heavy (non-hydrogen) atoms. The summed E-state index contributed by atoms with van der Waals surface area (Å²) >= 11 is 0. The van der Waals surface area contributed by atoms with Gasteiger partial charge in [0, 0.05) is 23.3 Å². The van der Waals surface area contributed by atoms with Crippen molar-refractivity contribution >= 4 is 17.3 Å². The number of methoxy groups -OCH3 is 1. The maximum atomic E-state index is 12.1. The third-order valence-corrected chi connectivity index (χ3v) is 3.60. The van der Waals surface area contributed by atoms with Crippen molar-refractivity contribution in [2.45, 2.75) is 12.5 Å². The first-order chi connectivity index (χ1) is 9.85. The second-order valence-electron chi connectivity index (χ2n) is 5.02. The minimum Gasteiger partial charge on any atom is -0.507 e. The van der Waals surface area contributed by atoms with Crippen LogP contribution in [0.4, 0.5) is 0 Å². The number of benzene rings is 1. The highest BCUT2D eigenvalue weighted by atomic mass is 16.6. The van der Waals surface area contributed by atoms with Crippen LogP contribution in [0.25, 0.3) is 5.57 Å². The fourth-order valence-corrected chi connectivity index (χ4v) is 2.58. The van der Waals surface area contributed by atoms with E-state index in [9.17, 15) is 19.8 Å². The number of aliphatic hydroxyl groups is 1. The van der Waals surface area contributed by atoms with E-state index in [-0.39, 0.29) is 11.3 Å². The predicted molar refractivity (Wildman–Crippen MR) is 72.2 cm³/mol. The van der Waals surface area contributed by atoms with Gasteiger partial charge in [0.05, 0.1) is 7.11 Å². The monoisotopic (exact) mass is 288 g/mol. The second kappa shape index (κ2) is 4.12. The Hall–Kier alpha value is -2.76. The molecule has 6 nitrogen and oxygen atoms in total. The number of fused-ring (bicyclic) bond motifs is 3. The summed E-state index contributed by atoms with van der Waals surface area (Å²) in [6, 6.07) is 2.84. The van der Waals surface area contributed by atoms with Gasteiger partial charge < -0.3 is 19.7 Å². The van der Waals surface area contributed by atoms with Gasteiger partial charge in [0.2, 0.25) is 5.78 Å². The highest BCUT2D eigenvalue weighted by molar-refractivity contribution is 6.14. The summed E-state index contributed by atoms with van der Waals surface area (Å²) < 4.78 is 10.3. The quantitative estimate of drug-likeness (QED) is 0.764. The maximum absolute atomic E-state index is 12.1. The number of ether oxygens (including phenoxy) is 2. The molecule has 3 rings (SSSR count). The number of phenolic OH excluding ortho intramolecular Hbond substituents is 1. The number of aliphatic hydroxyl groups excluding tert-OH is 1. The van der Waals surface area contributed by atoms with Crippen molar-refractivity contribution in [1.29, 1.82) is 0 Å². The van der Waals surface area contributed by atoms with Crippen LogP contribution in [0.15, 0.2) is 30.0 Å². The van der Waals surface area contributed by atoms with Crippen LogP contribution in [-0.4, -0.2) is 34.7 Å². The Morgan fingerprint density at radius 1 is 1.24 bits per heavy atom. The van der Waals surface area contributed by atoms with E-state index in [4.69, 9.17) is 9.47 Å². The van der Waals surface area contributed by atoms with Gasteiger partial charge in [-0.1, -0.05) is 0 Å². The van der Waals surface area contributed by atoms with Crippen molar-refractivity contribution in [1.82, 2.24) is 0 Å². The van der Waals surface area contributed by atoms with Gasteiger partial charge in [-0.15, -0.1) is 0 Å². The fraction of sp³-hybridized carbons (Fsp3) is 0.200. The molecule has 0 spiro atoms. The Morgan fingerprint density at radius 2 is 1.95 bits per heavy atom. The number of rotatable bonds is 1. The van der Waals surface area contributed by atoms with Crippen molar-refractivity contribution in [2.24, 2.45) is 0 Å². The lowest BCUT2D eigenvalue weighted by Crippen LogP contribution is -2.39. The largest absolute Gasteiger partial charge is 0.507 e. The number of ketones is 1. The highest BCUT2D eigenvalue weighted by Gasteiger charge is 2.44. The number of carbonyl (C=O) groups excluding carboxylic acids is 2. The number of phenols is 1. The summed E-state index contributed by atoms with van der Waals surface area (Å²) in [6.07, 6.45) is 2.38. The Balaban J connectivity index is 2.31. The van der Waals surface area contributed by atoms with Crippen LogP contribution in [0, 0.1) is 0 Å². The number of allylic oxidation sites excluding steroid dienone is 1. The lowest BCUT2D eigenvalue weighted by Gasteiger charge is -2.36. The molecule has 6 heteroatoms. The zero-order chi connectivity index (χ0) is 15.4. The zero-order valence-corrected chi connectivity index (χ0v) is 11.3. The summed E-state index contributed by atoms with van der Waals surface area (Å²) in [5.41, 5.74) is -0.556. The molecule has 1 atom stereocenters. The molecular weight excluding hydrogens is 276 g/mol. The van der Waals surface area contributed by atoms with Gasteiger partial charge in [-0.3, -0.25) is 4.79 Å². The Kier molecular flexibility index (Phi) is 2.59. The van der Waals surface area contributed by atoms with Crippen molar-refractivity contribution in [3.8, 4) is 11.5 Å². The summed E-state index contributed by atoms with van der Waals surface area (Å²) in [5, 5.41) is 19.5. The van der Waals surface area contributed by atoms with E-state index in [0.717, 1.165) is 0 Å². The number of esters is 1. The molecule has 0 radical (unpaired) electrons. The minimum absolute atomic E-state index is 0.0258. The van der Waals surface area contributed by atoms with Crippen molar-refractivity contribution in [2.75, 3.05) is 7.11 Å². The van der Waals surface area contributed by atoms with Crippen LogP contribution < -0.4 is 4.74 Å². The standard InChI is InChI=1S/C15H12O6/c1-15-6-12(18)10(16)5-9(15)8-3-7(20-2)4-11(17)13(8)14(19)21-15/h3-6,17-18H,1-2H3/t15-/m0/s1. The van der Waals surface area contributed by atoms with Crippen LogP contribution in [-0.2, 0) is 9.53 Å². The topological polar surface area (TPSA) is 93.1 Å². The Bertz CT molecular complexity index is 743. The highest BCUT2D eigenvalue weighted by Crippen LogP contribution is 2.45. The van der Waals surface area contributed by atoms with E-state index in [1.165, 1.54) is 25.3 Å². The number of hydrogen-bond donors (Lipinski definition) is 2. The van der Waals surface area contributed by atoms with Crippen molar-refractivity contribution in [3.05, 3.63) is 41.2 Å². The molecular formula is C15H12O6. The van der Waals surface area contributed by atoms with E-state index < -0.39 is 23.1 Å². The van der Waals surface area contributed by atoms with Gasteiger partial charge in [0.25, 0.3) is 0 Å². The summed E-state index contributed by atoms with van der Waals surface area (Å²) in [5.74, 6) is -1.75. The summed E-state index contributed by atoms with van der Waals surface area (Å²) in [4.78, 5) is 23.8. The molecule has 0 bridgehead atoms. The zero-order valence-electron chi connectivity index (χ0n) is 11.3. The Morgan fingerprint density at radius 3 is 2.62 bits per heavy atom. The molecule has 0 fully saturated rings. The summed E-state index contributed by atoms with van der Waals surface area (Å²) in [7, 11) is 1.42. The van der Waals surface area contributed by atoms with Crippen LogP contribution in [0.1, 0.15) is 22.8 Å². The fourth-order valence-electron chi connectivity index (χ4n) is 2.58. The van der Waals surface area contributed by atoms with Crippen LogP contribution in [0.5, 0.6) is 11.5 Å². The van der Waals surface area contributed by atoms with E-state index in [1.807, 2.05) is 0 Å². The molecule has 1 aliphatic heterocycles. The first-order valence-corrected chi connectivity index (χ1v) is 6.19. The first kappa shape index (κ1) is 13.2. The third kappa shape index (κ3) is 1.79. The second-order valence-corrected chi connectivity index (χ2v) is 5.02. The Labute approximate surface area is 119 Å². The molecule has 2 aliphatic rings. The van der Waals surface area contributed by atoms with Gasteiger partial charge in [-0.05, 0) is 19.1 Å². The number of carbonyl (C=O) groups is 2. The normalized spacial score (nSPS) is 23.5. The first-order valence-electron chi connectivity index (χ1n) is 6.19. The SMILES string of the molecule is COc1cc(O)c2c(c1)C1=CC(=O)C(O)=C[C@]1(C)OC2=O. The maximum Gasteiger partial charge on any atom is 0.343 e. The van der Waals surface area contributed by atoms with Gasteiger partial charge in [0.15, 0.2) is 11.4 Å². The van der Waals surface area contributed by atoms with E-state index in [0.29, 0.717) is 16.9 Å². The van der Waals surface area contributed by atoms with Gasteiger partial charge in [-0.2, -0.15) is 0 Å². The van der Waals surface area contributed by atoms with E-state index in [1.54, 1.807) is 13.0 Å². The summed E-state index contributed by atoms with van der Waals surface area (Å²) in [6.45, 7) is 1.55. The van der Waals surface area contributed by atoms with E-state index in [2.05, 4.69) is 0 Å². The lowest BCUT2D eigenvalue weighted by molar-refractivity contribution is -0.114. The molecule has 2 N–H and O–H groups in total. The van der Waals surface area contributed by atoms with Crippen LogP contribution in [0.3, 0.4) is 0 Å². The molecule has 0 unspecified atom stereocenters. The van der Waals surface area contributed by atoms with Gasteiger partial charge in [-0.25, -0.2) is 4.79 Å². The van der Waals surface area contributed by atoms with E-state index >= 15 is 0 Å².